The number of rotatable bonds is 2. The van der Waals surface area contributed by atoms with Crippen molar-refractivity contribution in [2.45, 2.75) is 26.2 Å². The number of carbonyl (C=O) groups is 1. The Hall–Kier alpha value is -2.67. The van der Waals surface area contributed by atoms with E-state index >= 15 is 0 Å². The van der Waals surface area contributed by atoms with Crippen molar-refractivity contribution in [3.8, 4) is 0 Å². The minimum atomic E-state index is -0.377. The summed E-state index contributed by atoms with van der Waals surface area (Å²) in [6, 6.07) is 5.75. The van der Waals surface area contributed by atoms with Crippen molar-refractivity contribution >= 4 is 11.9 Å². The van der Waals surface area contributed by atoms with Crippen LogP contribution >= 0.6 is 0 Å². The Kier molecular flexibility index (Phi) is 3.16. The van der Waals surface area contributed by atoms with Gasteiger partial charge in [0.25, 0.3) is 0 Å². The van der Waals surface area contributed by atoms with E-state index in [1.54, 1.807) is 4.68 Å². The van der Waals surface area contributed by atoms with Gasteiger partial charge in [-0.2, -0.15) is 10.1 Å². The molecule has 0 amide bonds. The largest absolute Gasteiger partial charge is 0.466 e. The maximum atomic E-state index is 12.3. The third kappa shape index (κ3) is 2.12. The van der Waals surface area contributed by atoms with Crippen molar-refractivity contribution in [2.24, 2.45) is 0 Å². The van der Waals surface area contributed by atoms with Crippen LogP contribution in [0.25, 0.3) is 0 Å². The van der Waals surface area contributed by atoms with E-state index in [0.29, 0.717) is 24.7 Å². The molecule has 0 radical (unpaired) electrons. The molecule has 3 heterocycles. The van der Waals surface area contributed by atoms with Gasteiger partial charge in [0.2, 0.25) is 5.95 Å². The molecular formula is C16H16N4O3. The van der Waals surface area contributed by atoms with E-state index in [9.17, 15) is 4.79 Å². The van der Waals surface area contributed by atoms with Crippen molar-refractivity contribution in [3.05, 3.63) is 52.5 Å². The number of hydrogen-bond acceptors (Lipinski definition) is 6. The highest BCUT2D eigenvalue weighted by atomic mass is 16.5. The molecule has 118 valence electrons. The molecule has 0 bridgehead atoms. The van der Waals surface area contributed by atoms with E-state index in [-0.39, 0.29) is 12.0 Å². The number of ether oxygens (including phenoxy) is 2. The van der Waals surface area contributed by atoms with Gasteiger partial charge < -0.3 is 14.8 Å². The fraction of sp³-hybridized carbons (Fsp3) is 0.312. The summed E-state index contributed by atoms with van der Waals surface area (Å²) in [5.74, 6) is 0.231. The molecule has 0 aliphatic carbocycles. The van der Waals surface area contributed by atoms with Crippen LogP contribution < -0.4 is 5.32 Å². The molecule has 0 saturated heterocycles. The summed E-state index contributed by atoms with van der Waals surface area (Å²) in [5.41, 5.74) is 4.54. The number of aromatic nitrogens is 3. The van der Waals surface area contributed by atoms with E-state index < -0.39 is 0 Å². The number of nitrogens with one attached hydrogen (secondary N) is 1. The number of carbonyl (C=O) groups excluding carboxylic acids is 1. The lowest BCUT2D eigenvalue weighted by molar-refractivity contribution is -0.136. The van der Waals surface area contributed by atoms with Gasteiger partial charge in [-0.15, -0.1) is 0 Å². The monoisotopic (exact) mass is 312 g/mol. The summed E-state index contributed by atoms with van der Waals surface area (Å²) in [4.78, 5) is 16.5. The van der Waals surface area contributed by atoms with Crippen LogP contribution in [0.3, 0.4) is 0 Å². The van der Waals surface area contributed by atoms with Gasteiger partial charge in [-0.1, -0.05) is 18.2 Å². The van der Waals surface area contributed by atoms with Crippen molar-refractivity contribution in [1.82, 2.24) is 14.8 Å². The number of fused-ring (bicyclic) bond motifs is 2. The Bertz CT molecular complexity index is 824. The number of hydrogen-bond donors (Lipinski definition) is 1. The maximum absolute atomic E-state index is 12.3. The van der Waals surface area contributed by atoms with Crippen molar-refractivity contribution in [1.29, 1.82) is 0 Å². The summed E-state index contributed by atoms with van der Waals surface area (Å²) in [5, 5.41) is 7.38. The first-order valence-corrected chi connectivity index (χ1v) is 7.34. The quantitative estimate of drug-likeness (QED) is 0.852. The van der Waals surface area contributed by atoms with Crippen molar-refractivity contribution in [2.75, 3.05) is 12.4 Å². The van der Waals surface area contributed by atoms with E-state index in [2.05, 4.69) is 21.5 Å². The molecule has 0 saturated carbocycles. The van der Waals surface area contributed by atoms with Crippen LogP contribution in [0.1, 0.15) is 29.7 Å². The smallest absolute Gasteiger partial charge is 0.338 e. The molecule has 2 aromatic rings. The Labute approximate surface area is 132 Å². The highest BCUT2D eigenvalue weighted by Gasteiger charge is 2.34. The van der Waals surface area contributed by atoms with E-state index in [4.69, 9.17) is 9.47 Å². The summed E-state index contributed by atoms with van der Waals surface area (Å²) in [6.07, 6.45) is 1.47. The molecular weight excluding hydrogens is 296 g/mol. The number of anilines is 1. The number of methoxy groups -OCH3 is 1. The minimum Gasteiger partial charge on any atom is -0.466 e. The second kappa shape index (κ2) is 5.20. The van der Waals surface area contributed by atoms with Gasteiger partial charge in [0.1, 0.15) is 12.4 Å². The third-order valence-corrected chi connectivity index (χ3v) is 4.26. The first-order valence-electron chi connectivity index (χ1n) is 7.34. The molecule has 0 fully saturated rings. The zero-order chi connectivity index (χ0) is 16.0. The molecule has 7 heteroatoms. The van der Waals surface area contributed by atoms with Gasteiger partial charge in [0.15, 0.2) is 0 Å². The van der Waals surface area contributed by atoms with Crippen LogP contribution in [0.4, 0.5) is 5.95 Å². The molecule has 1 N–H and O–H groups in total. The molecule has 1 aromatic heterocycles. The fourth-order valence-corrected chi connectivity index (χ4v) is 3.14. The van der Waals surface area contributed by atoms with Crippen molar-refractivity contribution < 1.29 is 14.3 Å². The van der Waals surface area contributed by atoms with Crippen LogP contribution in [-0.4, -0.2) is 27.8 Å². The molecule has 7 nitrogen and oxygen atoms in total. The summed E-state index contributed by atoms with van der Waals surface area (Å²) in [6.45, 7) is 3.07. The molecule has 2 aliphatic heterocycles. The third-order valence-electron chi connectivity index (χ3n) is 4.26. The van der Waals surface area contributed by atoms with Gasteiger partial charge in [-0.3, -0.25) is 0 Å². The Morgan fingerprint density at radius 2 is 2.22 bits per heavy atom. The first-order chi connectivity index (χ1) is 11.2. The molecule has 0 spiro atoms. The predicted molar refractivity (Wildman–Crippen MR) is 81.4 cm³/mol. The van der Waals surface area contributed by atoms with Gasteiger partial charge in [-0.05, 0) is 23.6 Å². The molecule has 1 atom stereocenters. The number of benzene rings is 1. The van der Waals surface area contributed by atoms with Crippen LogP contribution in [0, 0.1) is 0 Å². The van der Waals surface area contributed by atoms with Crippen molar-refractivity contribution in [3.63, 3.8) is 0 Å². The van der Waals surface area contributed by atoms with Crippen LogP contribution in [-0.2, 0) is 27.5 Å². The number of allylic oxidation sites excluding steroid dienone is 1. The predicted octanol–water partition coefficient (Wildman–Crippen LogP) is 1.77. The second-order valence-electron chi connectivity index (χ2n) is 5.61. The Morgan fingerprint density at radius 3 is 3.04 bits per heavy atom. The second-order valence-corrected chi connectivity index (χ2v) is 5.61. The lowest BCUT2D eigenvalue weighted by Gasteiger charge is -2.28. The highest BCUT2D eigenvalue weighted by molar-refractivity contribution is 5.92. The zero-order valence-electron chi connectivity index (χ0n) is 12.9. The van der Waals surface area contributed by atoms with E-state index in [0.717, 1.165) is 16.8 Å². The SMILES string of the molecule is COC(=O)C1=C(C)Nc2ncnn2C1c1ccc2c(c1)COC2. The van der Waals surface area contributed by atoms with Gasteiger partial charge in [-0.25, -0.2) is 9.48 Å². The average Bonchev–Trinajstić information content (AvgIpc) is 3.20. The first kappa shape index (κ1) is 14.0. The minimum absolute atomic E-state index is 0.368. The Balaban J connectivity index is 1.88. The molecule has 4 rings (SSSR count). The van der Waals surface area contributed by atoms with Gasteiger partial charge in [0, 0.05) is 5.70 Å². The van der Waals surface area contributed by atoms with Gasteiger partial charge >= 0.3 is 5.97 Å². The molecule has 2 aliphatic rings. The number of esters is 1. The fourth-order valence-electron chi connectivity index (χ4n) is 3.14. The van der Waals surface area contributed by atoms with E-state index in [1.165, 1.54) is 19.0 Å². The lowest BCUT2D eigenvalue weighted by atomic mass is 9.93. The normalized spacial score (nSPS) is 19.1. The van der Waals surface area contributed by atoms with Crippen LogP contribution in [0.15, 0.2) is 35.8 Å². The highest BCUT2D eigenvalue weighted by Crippen LogP contribution is 2.36. The summed E-state index contributed by atoms with van der Waals surface area (Å²) in [7, 11) is 1.38. The topological polar surface area (TPSA) is 78.3 Å². The van der Waals surface area contributed by atoms with E-state index in [1.807, 2.05) is 19.1 Å². The van der Waals surface area contributed by atoms with Gasteiger partial charge in [0.05, 0.1) is 25.9 Å². The molecule has 23 heavy (non-hydrogen) atoms. The Morgan fingerprint density at radius 1 is 1.39 bits per heavy atom. The van der Waals surface area contributed by atoms with Crippen LogP contribution in [0.5, 0.6) is 0 Å². The van der Waals surface area contributed by atoms with Crippen LogP contribution in [0.2, 0.25) is 0 Å². The summed E-state index contributed by atoms with van der Waals surface area (Å²) < 4.78 is 12.2. The lowest BCUT2D eigenvalue weighted by Crippen LogP contribution is -2.29. The molecule has 1 aromatic carbocycles. The number of nitrogens with zero attached hydrogens (tertiary/aromatic N) is 3. The average molecular weight is 312 g/mol. The zero-order valence-corrected chi connectivity index (χ0v) is 12.9. The molecule has 1 unspecified atom stereocenters. The standard InChI is InChI=1S/C16H16N4O3/c1-9-13(15(21)22-2)14(20-16(19-9)17-8-18-20)10-3-4-11-6-23-7-12(11)5-10/h3-5,8,14H,6-7H2,1-2H3,(H,17,18,19). The summed E-state index contributed by atoms with van der Waals surface area (Å²) >= 11 is 0. The maximum Gasteiger partial charge on any atom is 0.338 e.